The summed E-state index contributed by atoms with van der Waals surface area (Å²) in [7, 11) is 0. The van der Waals surface area contributed by atoms with Crippen LogP contribution in [0.1, 0.15) is 19.3 Å². The molecule has 3 nitrogen and oxygen atoms in total. The third-order valence-corrected chi connectivity index (χ3v) is 2.33. The summed E-state index contributed by atoms with van der Waals surface area (Å²) in [4.78, 5) is 12.8. The Bertz CT molecular complexity index is 226. The summed E-state index contributed by atoms with van der Waals surface area (Å²) in [5, 5.41) is 0.952. The molecule has 0 fully saturated rings. The van der Waals surface area contributed by atoms with Gasteiger partial charge in [0.1, 0.15) is 0 Å². The molecule has 1 amide bonds. The van der Waals surface area contributed by atoms with E-state index in [1.165, 1.54) is 4.90 Å². The summed E-state index contributed by atoms with van der Waals surface area (Å²) in [6, 6.07) is 0. The van der Waals surface area contributed by atoms with Crippen molar-refractivity contribution in [2.24, 2.45) is 0 Å². The van der Waals surface area contributed by atoms with Gasteiger partial charge in [-0.25, -0.2) is 4.79 Å². The van der Waals surface area contributed by atoms with Crippen molar-refractivity contribution in [2.75, 3.05) is 11.9 Å². The number of allylic oxidation sites excluding steroid dienone is 2. The fourth-order valence-electron chi connectivity index (χ4n) is 1.03. The van der Waals surface area contributed by atoms with Crippen molar-refractivity contribution in [1.82, 2.24) is 4.90 Å². The molecular weight excluding hydrogens is 246 g/mol. The molecule has 0 aromatic heterocycles. The molecule has 0 saturated heterocycles. The Morgan fingerprint density at radius 2 is 2.07 bits per heavy atom. The molecule has 0 N–H and O–H groups in total. The van der Waals surface area contributed by atoms with Crippen molar-refractivity contribution in [3.8, 4) is 0 Å². The number of amides is 1. The highest BCUT2D eigenvalue weighted by molar-refractivity contribution is 9.09. The molecule has 1 aliphatic heterocycles. The van der Waals surface area contributed by atoms with Crippen LogP contribution >= 0.6 is 15.9 Å². The standard InChI is InChI=1S/C10H14BrNO2/c11-6-2-5-9-14-10(13)12-7-3-1-4-8-12/h3-4,7-8H,1-2,5-6,9H2. The Morgan fingerprint density at radius 3 is 2.71 bits per heavy atom. The maximum absolute atomic E-state index is 11.4. The van der Waals surface area contributed by atoms with Gasteiger partial charge in [0.2, 0.25) is 0 Å². The molecule has 0 aliphatic carbocycles. The van der Waals surface area contributed by atoms with E-state index in [2.05, 4.69) is 15.9 Å². The van der Waals surface area contributed by atoms with Gasteiger partial charge in [-0.15, -0.1) is 0 Å². The third-order valence-electron chi connectivity index (χ3n) is 1.77. The van der Waals surface area contributed by atoms with Crippen LogP contribution in [-0.2, 0) is 4.74 Å². The first-order chi connectivity index (χ1) is 6.84. The van der Waals surface area contributed by atoms with E-state index in [-0.39, 0.29) is 6.09 Å². The second-order valence-electron chi connectivity index (χ2n) is 2.92. The number of carbonyl (C=O) groups excluding carboxylic acids is 1. The minimum atomic E-state index is -0.299. The summed E-state index contributed by atoms with van der Waals surface area (Å²) in [5.74, 6) is 0. The molecule has 0 spiro atoms. The molecule has 1 aliphatic rings. The predicted octanol–water partition coefficient (Wildman–Crippen LogP) is 3.03. The van der Waals surface area contributed by atoms with Crippen LogP contribution in [0.3, 0.4) is 0 Å². The largest absolute Gasteiger partial charge is 0.449 e. The Morgan fingerprint density at radius 1 is 1.36 bits per heavy atom. The molecule has 14 heavy (non-hydrogen) atoms. The lowest BCUT2D eigenvalue weighted by Crippen LogP contribution is -2.22. The summed E-state index contributed by atoms with van der Waals surface area (Å²) in [6.07, 6.45) is 9.80. The van der Waals surface area contributed by atoms with Crippen molar-refractivity contribution in [3.05, 3.63) is 24.6 Å². The Kier molecular flexibility index (Phi) is 5.37. The topological polar surface area (TPSA) is 29.5 Å². The van der Waals surface area contributed by atoms with Gasteiger partial charge in [0.25, 0.3) is 0 Å². The van der Waals surface area contributed by atoms with Gasteiger partial charge in [-0.3, -0.25) is 4.90 Å². The molecular formula is C10H14BrNO2. The van der Waals surface area contributed by atoms with Crippen LogP contribution in [0.4, 0.5) is 4.79 Å². The highest BCUT2D eigenvalue weighted by atomic mass is 79.9. The zero-order chi connectivity index (χ0) is 10.2. The van der Waals surface area contributed by atoms with Crippen molar-refractivity contribution in [3.63, 3.8) is 0 Å². The molecule has 0 aromatic carbocycles. The van der Waals surface area contributed by atoms with Crippen molar-refractivity contribution in [1.29, 1.82) is 0 Å². The van der Waals surface area contributed by atoms with Crippen LogP contribution in [0.5, 0.6) is 0 Å². The smallest absolute Gasteiger partial charge is 0.417 e. The molecule has 4 heteroatoms. The second-order valence-corrected chi connectivity index (χ2v) is 3.72. The minimum absolute atomic E-state index is 0.299. The molecule has 0 bridgehead atoms. The number of nitrogens with zero attached hydrogens (tertiary/aromatic N) is 1. The first-order valence-electron chi connectivity index (χ1n) is 4.69. The summed E-state index contributed by atoms with van der Waals surface area (Å²) >= 11 is 3.32. The zero-order valence-electron chi connectivity index (χ0n) is 7.99. The number of hydrogen-bond donors (Lipinski definition) is 0. The lowest BCUT2D eigenvalue weighted by Gasteiger charge is -2.15. The highest BCUT2D eigenvalue weighted by Gasteiger charge is 2.09. The summed E-state index contributed by atoms with van der Waals surface area (Å²) in [6.45, 7) is 0.489. The van der Waals surface area contributed by atoms with Crippen LogP contribution in [0, 0.1) is 0 Å². The van der Waals surface area contributed by atoms with E-state index in [4.69, 9.17) is 4.74 Å². The normalized spacial score (nSPS) is 14.5. The first-order valence-corrected chi connectivity index (χ1v) is 5.81. The average molecular weight is 260 g/mol. The van der Waals surface area contributed by atoms with E-state index in [1.54, 1.807) is 12.4 Å². The Labute approximate surface area is 92.5 Å². The van der Waals surface area contributed by atoms with Crippen LogP contribution < -0.4 is 0 Å². The fourth-order valence-corrected chi connectivity index (χ4v) is 1.43. The van der Waals surface area contributed by atoms with Gasteiger partial charge in [-0.1, -0.05) is 28.1 Å². The van der Waals surface area contributed by atoms with Gasteiger partial charge in [-0.2, -0.15) is 0 Å². The van der Waals surface area contributed by atoms with Gasteiger partial charge in [0, 0.05) is 17.7 Å². The van der Waals surface area contributed by atoms with E-state index in [1.807, 2.05) is 12.2 Å². The molecule has 1 rings (SSSR count). The molecule has 0 atom stereocenters. The number of rotatable bonds is 4. The van der Waals surface area contributed by atoms with Crippen LogP contribution in [0.2, 0.25) is 0 Å². The van der Waals surface area contributed by atoms with Crippen LogP contribution in [-0.4, -0.2) is 22.9 Å². The maximum Gasteiger partial charge on any atom is 0.417 e. The van der Waals surface area contributed by atoms with Crippen molar-refractivity contribution < 1.29 is 9.53 Å². The molecule has 0 aromatic rings. The third kappa shape index (κ3) is 3.96. The van der Waals surface area contributed by atoms with E-state index in [9.17, 15) is 4.79 Å². The molecule has 0 radical (unpaired) electrons. The van der Waals surface area contributed by atoms with E-state index >= 15 is 0 Å². The quantitative estimate of drug-likeness (QED) is 0.574. The summed E-state index contributed by atoms with van der Waals surface area (Å²) < 4.78 is 5.05. The number of alkyl halides is 1. The van der Waals surface area contributed by atoms with E-state index < -0.39 is 0 Å². The number of unbranched alkanes of at least 4 members (excludes halogenated alkanes) is 1. The second kappa shape index (κ2) is 6.65. The summed E-state index contributed by atoms with van der Waals surface area (Å²) in [5.41, 5.74) is 0. The molecule has 78 valence electrons. The van der Waals surface area contributed by atoms with E-state index in [0.717, 1.165) is 24.6 Å². The van der Waals surface area contributed by atoms with E-state index in [0.29, 0.717) is 6.61 Å². The van der Waals surface area contributed by atoms with Gasteiger partial charge >= 0.3 is 6.09 Å². The zero-order valence-corrected chi connectivity index (χ0v) is 9.57. The van der Waals surface area contributed by atoms with Crippen LogP contribution in [0.15, 0.2) is 24.6 Å². The van der Waals surface area contributed by atoms with Gasteiger partial charge in [0.05, 0.1) is 6.61 Å². The lowest BCUT2D eigenvalue weighted by molar-refractivity contribution is 0.126. The Hall–Kier alpha value is -0.770. The maximum atomic E-state index is 11.4. The predicted molar refractivity (Wildman–Crippen MR) is 59.1 cm³/mol. The lowest BCUT2D eigenvalue weighted by atomic mass is 10.3. The highest BCUT2D eigenvalue weighted by Crippen LogP contribution is 2.05. The fraction of sp³-hybridized carbons (Fsp3) is 0.500. The van der Waals surface area contributed by atoms with Crippen molar-refractivity contribution in [2.45, 2.75) is 19.3 Å². The number of halogens is 1. The average Bonchev–Trinajstić information content (AvgIpc) is 2.25. The van der Waals surface area contributed by atoms with Gasteiger partial charge in [-0.05, 0) is 19.3 Å². The van der Waals surface area contributed by atoms with Crippen LogP contribution in [0.25, 0.3) is 0 Å². The number of carbonyl (C=O) groups is 1. The minimum Gasteiger partial charge on any atom is -0.449 e. The number of hydrogen-bond acceptors (Lipinski definition) is 2. The monoisotopic (exact) mass is 259 g/mol. The first kappa shape index (κ1) is 11.3. The molecule has 1 heterocycles. The molecule has 0 unspecified atom stereocenters. The van der Waals surface area contributed by atoms with Gasteiger partial charge < -0.3 is 4.74 Å². The van der Waals surface area contributed by atoms with Gasteiger partial charge in [0.15, 0.2) is 0 Å². The Balaban J connectivity index is 2.17. The SMILES string of the molecule is O=C(OCCCCBr)N1C=CCC=C1. The number of ether oxygens (including phenoxy) is 1. The van der Waals surface area contributed by atoms with Crippen molar-refractivity contribution >= 4 is 22.0 Å². The molecule has 0 saturated carbocycles.